The highest BCUT2D eigenvalue weighted by Crippen LogP contribution is 2.43. The SMILES string of the molecule is Cc1cc(Cl)nc(C2CC3CCC2O3)n1. The Balaban J connectivity index is 1.93. The van der Waals surface area contributed by atoms with E-state index in [0.717, 1.165) is 24.4 Å². The largest absolute Gasteiger partial charge is 0.374 e. The van der Waals surface area contributed by atoms with Crippen LogP contribution in [0.25, 0.3) is 0 Å². The lowest BCUT2D eigenvalue weighted by molar-refractivity contribution is 0.0998. The number of nitrogens with zero attached hydrogens (tertiary/aromatic N) is 2. The van der Waals surface area contributed by atoms with Gasteiger partial charge in [-0.3, -0.25) is 0 Å². The number of hydrogen-bond donors (Lipinski definition) is 0. The Hall–Kier alpha value is -0.670. The van der Waals surface area contributed by atoms with Crippen LogP contribution in [-0.4, -0.2) is 22.2 Å². The van der Waals surface area contributed by atoms with E-state index in [4.69, 9.17) is 16.3 Å². The average Bonchev–Trinajstić information content (AvgIpc) is 2.76. The van der Waals surface area contributed by atoms with Gasteiger partial charge in [0.2, 0.25) is 0 Å². The van der Waals surface area contributed by atoms with Crippen molar-refractivity contribution in [2.75, 3.05) is 0 Å². The molecule has 2 bridgehead atoms. The first-order chi connectivity index (χ1) is 7.22. The van der Waals surface area contributed by atoms with Gasteiger partial charge in [-0.15, -0.1) is 0 Å². The summed E-state index contributed by atoms with van der Waals surface area (Å²) in [6, 6.07) is 1.79. The van der Waals surface area contributed by atoms with Crippen LogP contribution in [0.1, 0.15) is 36.7 Å². The van der Waals surface area contributed by atoms with Crippen molar-refractivity contribution in [2.24, 2.45) is 0 Å². The average molecular weight is 225 g/mol. The van der Waals surface area contributed by atoms with E-state index in [1.807, 2.05) is 6.92 Å². The zero-order chi connectivity index (χ0) is 10.4. The van der Waals surface area contributed by atoms with E-state index in [1.54, 1.807) is 6.07 Å². The highest BCUT2D eigenvalue weighted by molar-refractivity contribution is 6.29. The van der Waals surface area contributed by atoms with Crippen LogP contribution in [0.2, 0.25) is 5.15 Å². The summed E-state index contributed by atoms with van der Waals surface area (Å²) in [5, 5.41) is 0.542. The highest BCUT2D eigenvalue weighted by atomic mass is 35.5. The first kappa shape index (κ1) is 9.55. The van der Waals surface area contributed by atoms with Crippen molar-refractivity contribution in [2.45, 2.75) is 44.3 Å². The number of rotatable bonds is 1. The molecule has 3 rings (SSSR count). The van der Waals surface area contributed by atoms with Crippen LogP contribution in [0.4, 0.5) is 0 Å². The maximum atomic E-state index is 5.94. The fourth-order valence-electron chi connectivity index (χ4n) is 2.63. The van der Waals surface area contributed by atoms with E-state index in [9.17, 15) is 0 Å². The number of aromatic nitrogens is 2. The maximum absolute atomic E-state index is 5.94. The van der Waals surface area contributed by atoms with Crippen LogP contribution in [0.5, 0.6) is 0 Å². The number of hydrogen-bond acceptors (Lipinski definition) is 3. The van der Waals surface area contributed by atoms with Gasteiger partial charge in [-0.2, -0.15) is 0 Å². The molecule has 4 heteroatoms. The fraction of sp³-hybridized carbons (Fsp3) is 0.636. The summed E-state index contributed by atoms with van der Waals surface area (Å²) >= 11 is 5.94. The van der Waals surface area contributed by atoms with Gasteiger partial charge in [-0.05, 0) is 32.3 Å². The molecule has 2 fully saturated rings. The lowest BCUT2D eigenvalue weighted by Crippen LogP contribution is -2.17. The van der Waals surface area contributed by atoms with Crippen LogP contribution < -0.4 is 0 Å². The molecule has 3 atom stereocenters. The van der Waals surface area contributed by atoms with Gasteiger partial charge in [0.25, 0.3) is 0 Å². The lowest BCUT2D eigenvalue weighted by Gasteiger charge is -2.17. The van der Waals surface area contributed by atoms with E-state index in [1.165, 1.54) is 6.42 Å². The minimum absolute atomic E-state index is 0.327. The summed E-state index contributed by atoms with van der Waals surface area (Å²) in [5.74, 6) is 1.23. The quantitative estimate of drug-likeness (QED) is 0.688. The molecule has 0 N–H and O–H groups in total. The first-order valence-electron chi connectivity index (χ1n) is 5.39. The summed E-state index contributed by atoms with van der Waals surface area (Å²) in [6.07, 6.45) is 4.16. The van der Waals surface area contributed by atoms with Crippen molar-refractivity contribution in [3.8, 4) is 0 Å². The molecule has 0 amide bonds. The molecule has 80 valence electrons. The third-order valence-corrected chi connectivity index (χ3v) is 3.47. The Morgan fingerprint density at radius 3 is 2.87 bits per heavy atom. The molecule has 15 heavy (non-hydrogen) atoms. The van der Waals surface area contributed by atoms with Crippen LogP contribution in [-0.2, 0) is 4.74 Å². The molecular weight excluding hydrogens is 212 g/mol. The van der Waals surface area contributed by atoms with Crippen LogP contribution in [0.3, 0.4) is 0 Å². The molecule has 3 nitrogen and oxygen atoms in total. The fourth-order valence-corrected chi connectivity index (χ4v) is 2.87. The zero-order valence-corrected chi connectivity index (χ0v) is 9.37. The Morgan fingerprint density at radius 2 is 2.27 bits per heavy atom. The standard InChI is InChI=1S/C11H13ClN2O/c1-6-4-10(12)14-11(13-6)8-5-7-2-3-9(8)15-7/h4,7-9H,2-3,5H2,1H3. The summed E-state index contributed by atoms with van der Waals surface area (Å²) < 4.78 is 5.80. The molecule has 0 spiro atoms. The molecule has 2 saturated heterocycles. The van der Waals surface area contributed by atoms with Gasteiger partial charge in [0.1, 0.15) is 11.0 Å². The van der Waals surface area contributed by atoms with Crippen molar-refractivity contribution in [3.05, 3.63) is 22.7 Å². The Labute approximate surface area is 93.8 Å². The number of halogens is 1. The van der Waals surface area contributed by atoms with E-state index < -0.39 is 0 Å². The molecule has 0 radical (unpaired) electrons. The molecule has 3 unspecified atom stereocenters. The zero-order valence-electron chi connectivity index (χ0n) is 8.61. The maximum Gasteiger partial charge on any atom is 0.136 e. The molecule has 2 aliphatic rings. The van der Waals surface area contributed by atoms with Crippen LogP contribution >= 0.6 is 11.6 Å². The van der Waals surface area contributed by atoms with Gasteiger partial charge in [0.15, 0.2) is 0 Å². The molecule has 0 saturated carbocycles. The van der Waals surface area contributed by atoms with Crippen LogP contribution in [0.15, 0.2) is 6.07 Å². The predicted molar refractivity (Wildman–Crippen MR) is 57.0 cm³/mol. The molecule has 0 aromatic carbocycles. The summed E-state index contributed by atoms with van der Waals surface area (Å²) in [5.41, 5.74) is 0.938. The van der Waals surface area contributed by atoms with Crippen molar-refractivity contribution in [3.63, 3.8) is 0 Å². The van der Waals surface area contributed by atoms with E-state index in [2.05, 4.69) is 9.97 Å². The minimum Gasteiger partial charge on any atom is -0.374 e. The predicted octanol–water partition coefficient (Wildman–Crippen LogP) is 2.47. The Morgan fingerprint density at radius 1 is 1.40 bits per heavy atom. The normalized spacial score (nSPS) is 33.6. The van der Waals surface area contributed by atoms with Gasteiger partial charge in [0.05, 0.1) is 12.2 Å². The number of ether oxygens (including phenoxy) is 1. The van der Waals surface area contributed by atoms with Gasteiger partial charge >= 0.3 is 0 Å². The second-order valence-corrected chi connectivity index (χ2v) is 4.79. The van der Waals surface area contributed by atoms with Gasteiger partial charge in [0, 0.05) is 11.6 Å². The smallest absolute Gasteiger partial charge is 0.136 e. The molecule has 0 aliphatic carbocycles. The third-order valence-electron chi connectivity index (χ3n) is 3.28. The Kier molecular flexibility index (Phi) is 2.18. The summed E-state index contributed by atoms with van der Waals surface area (Å²) in [4.78, 5) is 8.77. The van der Waals surface area contributed by atoms with Crippen molar-refractivity contribution in [1.29, 1.82) is 0 Å². The summed E-state index contributed by atoms with van der Waals surface area (Å²) in [7, 11) is 0. The number of fused-ring (bicyclic) bond motifs is 2. The van der Waals surface area contributed by atoms with E-state index >= 15 is 0 Å². The topological polar surface area (TPSA) is 35.0 Å². The first-order valence-corrected chi connectivity index (χ1v) is 5.77. The Bertz CT molecular complexity index is 376. The lowest BCUT2D eigenvalue weighted by atomic mass is 9.88. The molecule has 1 aromatic rings. The van der Waals surface area contributed by atoms with E-state index in [0.29, 0.717) is 23.3 Å². The van der Waals surface area contributed by atoms with Crippen molar-refractivity contribution in [1.82, 2.24) is 9.97 Å². The molecule has 1 aromatic heterocycles. The second kappa shape index (κ2) is 3.42. The van der Waals surface area contributed by atoms with Gasteiger partial charge < -0.3 is 4.74 Å². The van der Waals surface area contributed by atoms with Crippen molar-refractivity contribution >= 4 is 11.6 Å². The molecule has 2 aliphatic heterocycles. The second-order valence-electron chi connectivity index (χ2n) is 4.41. The van der Waals surface area contributed by atoms with Gasteiger partial charge in [-0.1, -0.05) is 11.6 Å². The third kappa shape index (κ3) is 1.64. The molecular formula is C11H13ClN2O. The highest BCUT2D eigenvalue weighted by Gasteiger charge is 2.42. The number of aryl methyl sites for hydroxylation is 1. The van der Waals surface area contributed by atoms with Gasteiger partial charge in [-0.25, -0.2) is 9.97 Å². The van der Waals surface area contributed by atoms with E-state index in [-0.39, 0.29) is 0 Å². The minimum atomic E-state index is 0.327. The van der Waals surface area contributed by atoms with Crippen molar-refractivity contribution < 1.29 is 4.74 Å². The molecule has 3 heterocycles. The monoisotopic (exact) mass is 224 g/mol. The summed E-state index contributed by atoms with van der Waals surface area (Å²) in [6.45, 7) is 1.95. The van der Waals surface area contributed by atoms with Crippen LogP contribution in [0, 0.1) is 6.92 Å².